The molecule has 1 amide bonds. The molecule has 0 bridgehead atoms. The number of likely N-dealkylation sites (N-methyl/N-ethyl adjacent to an activating group) is 1. The van der Waals surface area contributed by atoms with E-state index in [1.54, 1.807) is 60.7 Å². The second-order valence-electron chi connectivity index (χ2n) is 7.65. The molecule has 9 nitrogen and oxygen atoms in total. The van der Waals surface area contributed by atoms with Gasteiger partial charge in [0.05, 0.1) is 0 Å². The van der Waals surface area contributed by atoms with Crippen molar-refractivity contribution in [2.45, 2.75) is 65.6 Å². The van der Waals surface area contributed by atoms with Gasteiger partial charge in [0, 0.05) is 6.42 Å². The van der Waals surface area contributed by atoms with Crippen LogP contribution in [0.25, 0.3) is 0 Å². The van der Waals surface area contributed by atoms with Gasteiger partial charge in [-0.2, -0.15) is 0 Å². The third kappa shape index (κ3) is 10.3. The number of ether oxygens (including phenoxy) is 1. The van der Waals surface area contributed by atoms with Crippen molar-refractivity contribution in [2.75, 3.05) is 7.05 Å². The van der Waals surface area contributed by atoms with Crippen LogP contribution < -0.4 is 10.6 Å². The van der Waals surface area contributed by atoms with E-state index in [9.17, 15) is 24.6 Å². The lowest BCUT2D eigenvalue weighted by Crippen LogP contribution is -2.44. The SMILES string of the molecule is CNC(C)C(=O)O.Cc1cc(O)cc(C)c1CC(NC(=O)OC(C)(C)C)C(=O)O. The molecule has 0 heterocycles. The Balaban J connectivity index is 0.000000956. The monoisotopic (exact) mass is 412 g/mol. The number of aromatic hydroxyl groups is 1. The van der Waals surface area contributed by atoms with E-state index in [1.165, 1.54) is 0 Å². The quantitative estimate of drug-likeness (QED) is 0.478. The fraction of sp³-hybridized carbons (Fsp3) is 0.550. The molecule has 0 aliphatic heterocycles. The molecular formula is C20H32N2O7. The van der Waals surface area contributed by atoms with Crippen LogP contribution in [-0.4, -0.2) is 58.1 Å². The Morgan fingerprint density at radius 3 is 1.86 bits per heavy atom. The highest BCUT2D eigenvalue weighted by Crippen LogP contribution is 2.22. The third-order valence-electron chi connectivity index (χ3n) is 3.88. The maximum absolute atomic E-state index is 11.8. The van der Waals surface area contributed by atoms with Gasteiger partial charge in [-0.05, 0) is 77.4 Å². The first kappa shape index (κ1) is 26.2. The average molecular weight is 412 g/mol. The first-order chi connectivity index (χ1) is 13.2. The number of hydrogen-bond acceptors (Lipinski definition) is 6. The molecule has 0 spiro atoms. The summed E-state index contributed by atoms with van der Waals surface area (Å²) in [6, 6.07) is 1.60. The van der Waals surface area contributed by atoms with Crippen molar-refractivity contribution in [3.8, 4) is 5.75 Å². The number of carbonyl (C=O) groups excluding carboxylic acids is 1. The summed E-state index contributed by atoms with van der Waals surface area (Å²) in [6.07, 6.45) is -0.652. The number of carboxylic acids is 2. The zero-order valence-corrected chi connectivity index (χ0v) is 18.0. The summed E-state index contributed by atoms with van der Waals surface area (Å²) in [4.78, 5) is 33.0. The van der Waals surface area contributed by atoms with Crippen molar-refractivity contribution < 1.29 is 34.4 Å². The van der Waals surface area contributed by atoms with Crippen LogP contribution in [0.15, 0.2) is 12.1 Å². The zero-order chi connectivity index (χ0) is 22.9. The van der Waals surface area contributed by atoms with Crippen LogP contribution in [0.3, 0.4) is 0 Å². The molecule has 29 heavy (non-hydrogen) atoms. The number of amides is 1. The highest BCUT2D eigenvalue weighted by molar-refractivity contribution is 5.80. The molecule has 0 aliphatic carbocycles. The molecule has 1 aromatic carbocycles. The molecule has 0 saturated heterocycles. The van der Waals surface area contributed by atoms with E-state index in [0.717, 1.165) is 16.7 Å². The number of benzene rings is 1. The summed E-state index contributed by atoms with van der Waals surface area (Å²) in [5.41, 5.74) is 1.63. The van der Waals surface area contributed by atoms with Crippen LogP contribution in [0.1, 0.15) is 44.4 Å². The number of carbonyl (C=O) groups is 3. The molecule has 9 heteroatoms. The van der Waals surface area contributed by atoms with Crippen molar-refractivity contribution in [1.29, 1.82) is 0 Å². The van der Waals surface area contributed by atoms with Crippen LogP contribution in [0.5, 0.6) is 5.75 Å². The fourth-order valence-corrected chi connectivity index (χ4v) is 2.27. The molecule has 0 aliphatic rings. The van der Waals surface area contributed by atoms with Gasteiger partial charge in [0.2, 0.25) is 0 Å². The van der Waals surface area contributed by atoms with Crippen LogP contribution in [0, 0.1) is 13.8 Å². The molecule has 164 valence electrons. The van der Waals surface area contributed by atoms with E-state index in [1.807, 2.05) is 0 Å². The zero-order valence-electron chi connectivity index (χ0n) is 18.0. The van der Waals surface area contributed by atoms with Crippen LogP contribution in [0.4, 0.5) is 4.79 Å². The summed E-state index contributed by atoms with van der Waals surface area (Å²) in [7, 11) is 1.61. The molecule has 0 fully saturated rings. The summed E-state index contributed by atoms with van der Waals surface area (Å²) in [5.74, 6) is -1.83. The Hall–Kier alpha value is -2.81. The molecule has 1 rings (SSSR count). The van der Waals surface area contributed by atoms with Gasteiger partial charge in [0.15, 0.2) is 0 Å². The lowest BCUT2D eigenvalue weighted by Gasteiger charge is -2.22. The van der Waals surface area contributed by atoms with Crippen molar-refractivity contribution in [3.05, 3.63) is 28.8 Å². The van der Waals surface area contributed by atoms with Gasteiger partial charge in [-0.3, -0.25) is 4.79 Å². The standard InChI is InChI=1S/C16H23NO5.C4H9NO2/c1-9-6-11(18)7-10(2)12(9)8-13(14(19)20)17-15(21)22-16(3,4)5;1-3(5-2)4(6)7/h6-7,13,18H,8H2,1-5H3,(H,17,21)(H,19,20);3,5H,1-2H3,(H,6,7). The highest BCUT2D eigenvalue weighted by Gasteiger charge is 2.25. The number of aryl methyl sites for hydroxylation is 2. The van der Waals surface area contributed by atoms with Gasteiger partial charge >= 0.3 is 18.0 Å². The Bertz CT molecular complexity index is 703. The number of phenolic OH excluding ortho intramolecular Hbond substituents is 1. The second-order valence-corrected chi connectivity index (χ2v) is 7.65. The molecule has 0 radical (unpaired) electrons. The maximum Gasteiger partial charge on any atom is 0.408 e. The van der Waals surface area contributed by atoms with E-state index >= 15 is 0 Å². The van der Waals surface area contributed by atoms with Gasteiger partial charge in [0.25, 0.3) is 0 Å². The Kier molecular flexibility index (Phi) is 10.2. The maximum atomic E-state index is 11.8. The Morgan fingerprint density at radius 1 is 1.07 bits per heavy atom. The number of aliphatic carboxylic acids is 2. The second kappa shape index (κ2) is 11.3. The molecular weight excluding hydrogens is 380 g/mol. The van der Waals surface area contributed by atoms with Gasteiger partial charge < -0.3 is 30.7 Å². The lowest BCUT2D eigenvalue weighted by molar-refractivity contribution is -0.140. The Labute approximate surface area is 171 Å². The van der Waals surface area contributed by atoms with Gasteiger partial charge in [-0.25, -0.2) is 9.59 Å². The summed E-state index contributed by atoms with van der Waals surface area (Å²) >= 11 is 0. The first-order valence-corrected chi connectivity index (χ1v) is 9.09. The minimum atomic E-state index is -1.14. The van der Waals surface area contributed by atoms with Crippen LogP contribution in [-0.2, 0) is 20.7 Å². The fourth-order valence-electron chi connectivity index (χ4n) is 2.27. The first-order valence-electron chi connectivity index (χ1n) is 9.09. The van der Waals surface area contributed by atoms with Crippen molar-refractivity contribution in [1.82, 2.24) is 10.6 Å². The van der Waals surface area contributed by atoms with E-state index in [-0.39, 0.29) is 12.2 Å². The molecule has 0 saturated carbocycles. The van der Waals surface area contributed by atoms with Gasteiger partial charge in [0.1, 0.15) is 23.4 Å². The number of phenols is 1. The van der Waals surface area contributed by atoms with Crippen molar-refractivity contribution >= 4 is 18.0 Å². The predicted molar refractivity (Wildman–Crippen MR) is 108 cm³/mol. The Morgan fingerprint density at radius 2 is 1.55 bits per heavy atom. The van der Waals surface area contributed by atoms with E-state index in [2.05, 4.69) is 10.6 Å². The van der Waals surface area contributed by atoms with Crippen molar-refractivity contribution in [2.24, 2.45) is 0 Å². The average Bonchev–Trinajstić information content (AvgIpc) is 2.54. The number of hydrogen-bond donors (Lipinski definition) is 5. The summed E-state index contributed by atoms with van der Waals surface area (Å²) in [5, 5.41) is 31.9. The molecule has 2 unspecified atom stereocenters. The van der Waals surface area contributed by atoms with Crippen LogP contribution >= 0.6 is 0 Å². The van der Waals surface area contributed by atoms with Crippen LogP contribution in [0.2, 0.25) is 0 Å². The molecule has 5 N–H and O–H groups in total. The van der Waals surface area contributed by atoms with Gasteiger partial charge in [-0.15, -0.1) is 0 Å². The summed E-state index contributed by atoms with van der Waals surface area (Å²) < 4.78 is 5.08. The summed E-state index contributed by atoms with van der Waals surface area (Å²) in [6.45, 7) is 10.3. The number of rotatable bonds is 6. The third-order valence-corrected chi connectivity index (χ3v) is 3.88. The largest absolute Gasteiger partial charge is 0.508 e. The minimum absolute atomic E-state index is 0.118. The minimum Gasteiger partial charge on any atom is -0.508 e. The highest BCUT2D eigenvalue weighted by atomic mass is 16.6. The number of alkyl carbamates (subject to hydrolysis) is 1. The number of carboxylic acid groups (broad SMARTS) is 2. The topological polar surface area (TPSA) is 145 Å². The normalized spacial score (nSPS) is 12.8. The predicted octanol–water partition coefficient (Wildman–Crippen LogP) is 2.21. The van der Waals surface area contributed by atoms with E-state index < -0.39 is 35.7 Å². The smallest absolute Gasteiger partial charge is 0.408 e. The van der Waals surface area contributed by atoms with Crippen molar-refractivity contribution in [3.63, 3.8) is 0 Å². The molecule has 1 aromatic rings. The number of nitrogens with one attached hydrogen (secondary N) is 2. The molecule has 0 aromatic heterocycles. The van der Waals surface area contributed by atoms with E-state index in [0.29, 0.717) is 0 Å². The van der Waals surface area contributed by atoms with E-state index in [4.69, 9.17) is 9.84 Å². The molecule has 2 atom stereocenters. The lowest BCUT2D eigenvalue weighted by atomic mass is 9.96. The van der Waals surface area contributed by atoms with Gasteiger partial charge in [-0.1, -0.05) is 0 Å².